The van der Waals surface area contributed by atoms with Crippen molar-refractivity contribution in [3.63, 3.8) is 0 Å². The molecule has 23 rings (SSSR count). The van der Waals surface area contributed by atoms with Crippen LogP contribution in [0, 0.1) is 6.92 Å². The molecule has 0 amide bonds. The fourth-order valence-corrected chi connectivity index (χ4v) is 21.4. The highest BCUT2D eigenvalue weighted by molar-refractivity contribution is 9.11. The van der Waals surface area contributed by atoms with Crippen LogP contribution in [-0.2, 0) is 0 Å². The number of aryl methyl sites for hydroxylation is 1. The van der Waals surface area contributed by atoms with Crippen LogP contribution in [0.2, 0.25) is 0 Å². The Labute approximate surface area is 708 Å². The van der Waals surface area contributed by atoms with Crippen LogP contribution in [0.3, 0.4) is 0 Å². The van der Waals surface area contributed by atoms with Gasteiger partial charge in [0.15, 0.2) is 0 Å². The van der Waals surface area contributed by atoms with E-state index in [1.807, 2.05) is 0 Å². The Hall–Kier alpha value is -8.64. The molecule has 3 nitrogen and oxygen atoms in total. The molecule has 0 aliphatic heterocycles. The van der Waals surface area contributed by atoms with Gasteiger partial charge in [-0.2, -0.15) is 0 Å². The first kappa shape index (κ1) is 73.5. The lowest BCUT2D eigenvalue weighted by atomic mass is 9.66. The third kappa shape index (κ3) is 14.6. The normalized spacial score (nSPS) is 18.1. The Kier molecular flexibility index (Phi) is 20.8. The highest BCUT2D eigenvalue weighted by Crippen LogP contribution is 2.57. The first-order chi connectivity index (χ1) is 54.8. The van der Waals surface area contributed by atoms with Gasteiger partial charge in [0.25, 0.3) is 0 Å². The number of fused-ring (bicyclic) bond motifs is 13. The molecular formula is C103H83Br6N3. The molecule has 0 heterocycles. The van der Waals surface area contributed by atoms with Gasteiger partial charge in [-0.15, -0.1) is 0 Å². The van der Waals surface area contributed by atoms with Crippen molar-refractivity contribution in [2.75, 3.05) is 14.7 Å². The summed E-state index contributed by atoms with van der Waals surface area (Å²) < 4.78 is 6.47. The molecule has 9 heteroatoms. The Morgan fingerprint density at radius 3 is 0.875 bits per heavy atom. The van der Waals surface area contributed by atoms with E-state index in [1.54, 1.807) is 33.4 Å². The van der Waals surface area contributed by atoms with E-state index in [4.69, 9.17) is 0 Å². The first-order valence-electron chi connectivity index (χ1n) is 39.8. The Morgan fingerprint density at radius 2 is 0.518 bits per heavy atom. The van der Waals surface area contributed by atoms with Crippen molar-refractivity contribution in [1.82, 2.24) is 0 Å². The van der Waals surface area contributed by atoms with Crippen molar-refractivity contribution in [3.8, 4) is 33.4 Å². The third-order valence-corrected chi connectivity index (χ3v) is 28.3. The van der Waals surface area contributed by atoms with Crippen LogP contribution in [0.25, 0.3) is 65.7 Å². The SMILES string of the molecule is Brc1ccc(N(c2ccc(Br)cc2)c2cc(-c3ccc4c(c3)C3CCC4CC3)c3ccccc3c2)cc1.Brc1ccc(N(c2ccc(Br)cc2)c2cc(-c3ccc4c(c3)C3CCCC4CC3)c3ccccc3c2)cc1.Cc1cc(-c2cc(N(c3ccc(Br)cc3)c3ccc(Br)cc3)cc3ccccc23)cc2c1C1CCC2C1. The van der Waals surface area contributed by atoms with Crippen molar-refractivity contribution in [1.29, 1.82) is 0 Å². The lowest BCUT2D eigenvalue weighted by Crippen LogP contribution is -2.21. The summed E-state index contributed by atoms with van der Waals surface area (Å²) in [5.74, 6) is 4.50. The van der Waals surface area contributed by atoms with E-state index in [1.165, 1.54) is 154 Å². The summed E-state index contributed by atoms with van der Waals surface area (Å²) in [4.78, 5) is 7.08. The highest BCUT2D eigenvalue weighted by Gasteiger charge is 2.39. The summed E-state index contributed by atoms with van der Waals surface area (Å²) in [6.07, 6.45) is 16.3. The van der Waals surface area contributed by atoms with Crippen LogP contribution < -0.4 is 14.7 Å². The summed E-state index contributed by atoms with van der Waals surface area (Å²) >= 11 is 21.7. The van der Waals surface area contributed by atoms with Gasteiger partial charge in [-0.3, -0.25) is 0 Å². The minimum absolute atomic E-state index is 0.722. The van der Waals surface area contributed by atoms with Gasteiger partial charge in [-0.25, -0.2) is 0 Å². The maximum absolute atomic E-state index is 3.62. The number of halogens is 6. The van der Waals surface area contributed by atoms with Crippen molar-refractivity contribution >= 4 is 179 Å². The average molecular weight is 1840 g/mol. The van der Waals surface area contributed by atoms with Gasteiger partial charge in [0.2, 0.25) is 0 Å². The molecule has 4 atom stereocenters. The molecule has 0 N–H and O–H groups in total. The molecule has 8 aliphatic rings. The van der Waals surface area contributed by atoms with Crippen molar-refractivity contribution in [2.45, 2.75) is 119 Å². The van der Waals surface area contributed by atoms with Crippen LogP contribution in [0.5, 0.6) is 0 Å². The second-order valence-electron chi connectivity index (χ2n) is 31.6. The number of rotatable bonds is 12. The zero-order valence-electron chi connectivity index (χ0n) is 62.4. The number of hydrogen-bond acceptors (Lipinski definition) is 3. The fraction of sp³-hybridized carbons (Fsp3) is 0.184. The Bertz CT molecular complexity index is 5890. The zero-order valence-corrected chi connectivity index (χ0v) is 71.9. The summed E-state index contributed by atoms with van der Waals surface area (Å²) in [5, 5.41) is 7.69. The smallest absolute Gasteiger partial charge is 0.0474 e. The molecule has 4 unspecified atom stereocenters. The lowest BCUT2D eigenvalue weighted by molar-refractivity contribution is 0.359. The molecule has 3 saturated carbocycles. The van der Waals surface area contributed by atoms with Gasteiger partial charge >= 0.3 is 0 Å². The molecular weight excluding hydrogens is 1760 g/mol. The number of benzene rings is 15. The minimum Gasteiger partial charge on any atom is -0.310 e. The minimum atomic E-state index is 0.722. The van der Waals surface area contributed by atoms with Crippen LogP contribution in [0.1, 0.15) is 152 Å². The lowest BCUT2D eigenvalue weighted by Gasteiger charge is -2.38. The van der Waals surface area contributed by atoms with Crippen LogP contribution in [0.15, 0.2) is 330 Å². The van der Waals surface area contributed by atoms with Gasteiger partial charge in [-0.05, 0) is 400 Å². The fourth-order valence-electron chi connectivity index (χ4n) is 19.8. The average Bonchev–Trinajstić information content (AvgIpc) is 1.50. The molecule has 15 aromatic rings. The van der Waals surface area contributed by atoms with Gasteiger partial charge in [0.05, 0.1) is 0 Å². The van der Waals surface area contributed by atoms with E-state index in [2.05, 4.69) is 421 Å². The monoisotopic (exact) mass is 1840 g/mol. The molecule has 3 fully saturated rings. The molecule has 0 aromatic heterocycles. The second-order valence-corrected chi connectivity index (χ2v) is 37.1. The standard InChI is InChI=1S/C35H29Br2N.2C34H27Br2N/c36-27-11-15-29(16-12-27)38(30-17-13-28(37)14-18-30)31-20-25-4-1-2-7-32(25)35(22-31)26-10-19-33-23-5-3-6-24(9-8-23)34(33)21-26;1-21-16-25(19-33-23-6-7-24(17-23)34(21)33)32-20-30(18-22-4-2-3-5-31(22)32)37(28-12-8-26(35)9-13-28)29-14-10-27(36)11-15-29;35-26-10-14-28(15-11-26)37(29-16-12-27(36)13-17-29)30-19-24-3-1-2-4-31(24)34(21-30)25-9-18-32-22-5-7-23(8-6-22)33(32)20-25/h1-2,4,7,10-24H,3,5-6,8-9H2;2-5,8-16,18-20,23-24H,6-7,17H2,1H3;1-4,9-23H,5-8H2. The molecule has 15 aromatic carbocycles. The number of nitrogens with zero attached hydrogens (tertiary/aromatic N) is 3. The summed E-state index contributed by atoms with van der Waals surface area (Å²) in [7, 11) is 0. The predicted molar refractivity (Wildman–Crippen MR) is 495 cm³/mol. The van der Waals surface area contributed by atoms with Crippen molar-refractivity contribution in [2.24, 2.45) is 0 Å². The van der Waals surface area contributed by atoms with E-state index in [-0.39, 0.29) is 0 Å². The Morgan fingerprint density at radius 1 is 0.232 bits per heavy atom. The maximum Gasteiger partial charge on any atom is 0.0474 e. The topological polar surface area (TPSA) is 9.72 Å². The molecule has 552 valence electrons. The van der Waals surface area contributed by atoms with Crippen molar-refractivity contribution < 1.29 is 0 Å². The van der Waals surface area contributed by atoms with Gasteiger partial charge < -0.3 is 14.7 Å². The van der Waals surface area contributed by atoms with Crippen LogP contribution in [-0.4, -0.2) is 0 Å². The number of anilines is 9. The zero-order chi connectivity index (χ0) is 75.7. The quantitative estimate of drug-likeness (QED) is 0.121. The number of hydrogen-bond donors (Lipinski definition) is 0. The Balaban J connectivity index is 0.000000113. The van der Waals surface area contributed by atoms with E-state index in [0.29, 0.717) is 0 Å². The van der Waals surface area contributed by atoms with E-state index >= 15 is 0 Å². The van der Waals surface area contributed by atoms with E-state index < -0.39 is 0 Å². The summed E-state index contributed by atoms with van der Waals surface area (Å²) in [5.41, 5.74) is 29.4. The molecule has 112 heavy (non-hydrogen) atoms. The molecule has 0 saturated heterocycles. The molecule has 0 spiro atoms. The third-order valence-electron chi connectivity index (χ3n) is 25.1. The predicted octanol–water partition coefficient (Wildman–Crippen LogP) is 34.1. The molecule has 6 bridgehead atoms. The van der Waals surface area contributed by atoms with Crippen LogP contribution >= 0.6 is 95.6 Å². The van der Waals surface area contributed by atoms with Crippen molar-refractivity contribution in [3.05, 3.63) is 369 Å². The molecule has 0 radical (unpaired) electrons. The van der Waals surface area contributed by atoms with E-state index in [0.717, 1.165) is 108 Å². The van der Waals surface area contributed by atoms with Gasteiger partial charge in [0.1, 0.15) is 0 Å². The van der Waals surface area contributed by atoms with Gasteiger partial charge in [0, 0.05) is 78.0 Å². The van der Waals surface area contributed by atoms with Gasteiger partial charge in [-0.1, -0.05) is 223 Å². The first-order valence-corrected chi connectivity index (χ1v) is 44.5. The summed E-state index contributed by atoms with van der Waals surface area (Å²) in [6.45, 7) is 2.32. The molecule has 8 aliphatic carbocycles. The largest absolute Gasteiger partial charge is 0.310 e. The van der Waals surface area contributed by atoms with Crippen LogP contribution in [0.4, 0.5) is 51.2 Å². The second kappa shape index (κ2) is 31.6. The van der Waals surface area contributed by atoms with E-state index in [9.17, 15) is 0 Å². The highest BCUT2D eigenvalue weighted by atomic mass is 79.9. The summed E-state index contributed by atoms with van der Waals surface area (Å²) in [6, 6.07) is 112. The maximum atomic E-state index is 3.62.